The Labute approximate surface area is 70.4 Å². The molecule has 0 atom stereocenters. The molecule has 0 saturated heterocycles. The first kappa shape index (κ1) is 9.32. The number of hydrogen-bond donors (Lipinski definition) is 1. The summed E-state index contributed by atoms with van der Waals surface area (Å²) in [5.41, 5.74) is -2.83. The number of rotatable bonds is 0. The minimum atomic E-state index is -4.72. The zero-order chi connectivity index (χ0) is 10.1. The van der Waals surface area contributed by atoms with Gasteiger partial charge in [0.05, 0.1) is 5.56 Å². The van der Waals surface area contributed by atoms with Crippen LogP contribution in [0.2, 0.25) is 0 Å². The molecule has 1 rings (SSSR count). The molecule has 0 amide bonds. The van der Waals surface area contributed by atoms with Gasteiger partial charge in [-0.3, -0.25) is 4.79 Å². The van der Waals surface area contributed by atoms with Gasteiger partial charge in [0.15, 0.2) is 0 Å². The van der Waals surface area contributed by atoms with Gasteiger partial charge in [-0.25, -0.2) is 0 Å². The highest BCUT2D eigenvalue weighted by Gasteiger charge is 2.34. The Bertz CT molecular complexity index is 413. The van der Waals surface area contributed by atoms with Crippen LogP contribution in [0.1, 0.15) is 11.1 Å². The van der Waals surface area contributed by atoms with E-state index in [-0.39, 0.29) is 5.56 Å². The summed E-state index contributed by atoms with van der Waals surface area (Å²) in [7, 11) is 0. The molecular formula is C7H3F3N2O. The highest BCUT2D eigenvalue weighted by Crippen LogP contribution is 2.26. The van der Waals surface area contributed by atoms with Gasteiger partial charge in [0, 0.05) is 6.20 Å². The predicted octanol–water partition coefficient (Wildman–Crippen LogP) is 1.27. The van der Waals surface area contributed by atoms with Gasteiger partial charge < -0.3 is 4.98 Å². The van der Waals surface area contributed by atoms with Crippen LogP contribution in [-0.4, -0.2) is 4.98 Å². The molecule has 0 fully saturated rings. The predicted molar refractivity (Wildman–Crippen MR) is 36.8 cm³/mol. The normalized spacial score (nSPS) is 10.9. The number of nitriles is 1. The molecule has 3 nitrogen and oxygen atoms in total. The minimum Gasteiger partial charge on any atom is -0.327 e. The second kappa shape index (κ2) is 2.94. The van der Waals surface area contributed by atoms with Crippen molar-refractivity contribution in [3.05, 3.63) is 33.7 Å². The van der Waals surface area contributed by atoms with E-state index in [1.807, 2.05) is 4.98 Å². The van der Waals surface area contributed by atoms with Crippen molar-refractivity contribution < 1.29 is 13.2 Å². The van der Waals surface area contributed by atoms with Gasteiger partial charge in [-0.15, -0.1) is 0 Å². The van der Waals surface area contributed by atoms with Crippen molar-refractivity contribution in [2.24, 2.45) is 0 Å². The molecule has 0 aromatic carbocycles. The summed E-state index contributed by atoms with van der Waals surface area (Å²) in [4.78, 5) is 12.5. The molecular weight excluding hydrogens is 185 g/mol. The number of halogens is 3. The first-order valence-corrected chi connectivity index (χ1v) is 3.15. The van der Waals surface area contributed by atoms with E-state index in [0.717, 1.165) is 6.20 Å². The number of aromatic nitrogens is 1. The molecule has 6 heteroatoms. The Balaban J connectivity index is 3.38. The van der Waals surface area contributed by atoms with Crippen molar-refractivity contribution >= 4 is 0 Å². The average Bonchev–Trinajstić information content (AvgIpc) is 2.03. The molecule has 1 N–H and O–H groups in total. The maximum absolute atomic E-state index is 12.0. The molecule has 1 aromatic heterocycles. The Kier molecular flexibility index (Phi) is 2.10. The third-order valence-corrected chi connectivity index (χ3v) is 1.34. The van der Waals surface area contributed by atoms with Crippen LogP contribution >= 0.6 is 0 Å². The zero-order valence-electron chi connectivity index (χ0n) is 6.14. The monoisotopic (exact) mass is 188 g/mol. The number of aromatic amines is 1. The third-order valence-electron chi connectivity index (χ3n) is 1.34. The van der Waals surface area contributed by atoms with Gasteiger partial charge in [0.2, 0.25) is 0 Å². The van der Waals surface area contributed by atoms with Crippen molar-refractivity contribution in [3.63, 3.8) is 0 Å². The van der Waals surface area contributed by atoms with Crippen LogP contribution < -0.4 is 5.56 Å². The van der Waals surface area contributed by atoms with Crippen LogP contribution in [0.25, 0.3) is 0 Å². The highest BCUT2D eigenvalue weighted by molar-refractivity contribution is 5.30. The second-order valence-electron chi connectivity index (χ2n) is 2.24. The van der Waals surface area contributed by atoms with Crippen LogP contribution in [0.15, 0.2) is 17.1 Å². The standard InChI is InChI=1S/C7H3F3N2O/c8-7(9,10)5-1-4(2-11)3-12-6(5)13/h1,3H,(H,12,13). The molecule has 68 valence electrons. The van der Waals surface area contributed by atoms with Crippen LogP contribution in [0.4, 0.5) is 13.2 Å². The molecule has 0 aliphatic carbocycles. The summed E-state index contributed by atoms with van der Waals surface area (Å²) in [5, 5.41) is 8.28. The average molecular weight is 188 g/mol. The Hall–Kier alpha value is -1.77. The van der Waals surface area contributed by atoms with E-state index in [0.29, 0.717) is 6.07 Å². The molecule has 0 saturated carbocycles. The van der Waals surface area contributed by atoms with Gasteiger partial charge in [-0.2, -0.15) is 18.4 Å². The summed E-state index contributed by atoms with van der Waals surface area (Å²) < 4.78 is 36.1. The number of hydrogen-bond acceptors (Lipinski definition) is 2. The van der Waals surface area contributed by atoms with E-state index >= 15 is 0 Å². The lowest BCUT2D eigenvalue weighted by Gasteiger charge is -2.04. The topological polar surface area (TPSA) is 56.6 Å². The molecule has 13 heavy (non-hydrogen) atoms. The second-order valence-corrected chi connectivity index (χ2v) is 2.24. The van der Waals surface area contributed by atoms with E-state index in [9.17, 15) is 18.0 Å². The van der Waals surface area contributed by atoms with Crippen molar-refractivity contribution in [1.29, 1.82) is 5.26 Å². The van der Waals surface area contributed by atoms with Crippen LogP contribution in [-0.2, 0) is 6.18 Å². The lowest BCUT2D eigenvalue weighted by molar-refractivity contribution is -0.138. The summed E-state index contributed by atoms with van der Waals surface area (Å²) >= 11 is 0. The van der Waals surface area contributed by atoms with Crippen molar-refractivity contribution in [2.45, 2.75) is 6.18 Å². The van der Waals surface area contributed by atoms with E-state index < -0.39 is 17.3 Å². The number of pyridine rings is 1. The molecule has 1 aromatic rings. The summed E-state index contributed by atoms with van der Waals surface area (Å²) in [6.07, 6.45) is -3.79. The van der Waals surface area contributed by atoms with E-state index in [2.05, 4.69) is 0 Å². The summed E-state index contributed by atoms with van der Waals surface area (Å²) in [6, 6.07) is 2.01. The number of H-pyrrole nitrogens is 1. The number of nitrogens with zero attached hydrogens (tertiary/aromatic N) is 1. The Morgan fingerprint density at radius 1 is 1.46 bits per heavy atom. The highest BCUT2D eigenvalue weighted by atomic mass is 19.4. The number of nitrogens with one attached hydrogen (secondary N) is 1. The summed E-state index contributed by atoms with van der Waals surface area (Å²) in [6.45, 7) is 0. The molecule has 0 aliphatic rings. The zero-order valence-corrected chi connectivity index (χ0v) is 6.14. The first-order valence-electron chi connectivity index (χ1n) is 3.15. The molecule has 1 heterocycles. The SMILES string of the molecule is N#Cc1c[nH]c(=O)c(C(F)(F)F)c1. The maximum Gasteiger partial charge on any atom is 0.421 e. The quantitative estimate of drug-likeness (QED) is 0.666. The lowest BCUT2D eigenvalue weighted by Crippen LogP contribution is -2.21. The van der Waals surface area contributed by atoms with Crippen LogP contribution in [0, 0.1) is 11.3 Å². The molecule has 0 bridgehead atoms. The smallest absolute Gasteiger partial charge is 0.327 e. The van der Waals surface area contributed by atoms with Gasteiger partial charge in [0.25, 0.3) is 5.56 Å². The van der Waals surface area contributed by atoms with Crippen LogP contribution in [0.3, 0.4) is 0 Å². The van der Waals surface area contributed by atoms with Crippen molar-refractivity contribution in [3.8, 4) is 6.07 Å². The fraction of sp³-hybridized carbons (Fsp3) is 0.143. The lowest BCUT2D eigenvalue weighted by atomic mass is 10.2. The van der Waals surface area contributed by atoms with Crippen molar-refractivity contribution in [2.75, 3.05) is 0 Å². The van der Waals surface area contributed by atoms with Gasteiger partial charge in [-0.1, -0.05) is 0 Å². The first-order chi connectivity index (χ1) is 5.95. The largest absolute Gasteiger partial charge is 0.421 e. The Morgan fingerprint density at radius 3 is 2.54 bits per heavy atom. The molecule has 0 spiro atoms. The third kappa shape index (κ3) is 1.87. The van der Waals surface area contributed by atoms with Crippen LogP contribution in [0.5, 0.6) is 0 Å². The van der Waals surface area contributed by atoms with E-state index in [1.165, 1.54) is 6.07 Å². The van der Waals surface area contributed by atoms with E-state index in [1.54, 1.807) is 0 Å². The number of alkyl halides is 3. The van der Waals surface area contributed by atoms with E-state index in [4.69, 9.17) is 5.26 Å². The van der Waals surface area contributed by atoms with Gasteiger partial charge in [0.1, 0.15) is 11.6 Å². The summed E-state index contributed by atoms with van der Waals surface area (Å²) in [5.74, 6) is 0. The molecule has 0 aliphatic heterocycles. The Morgan fingerprint density at radius 2 is 2.08 bits per heavy atom. The van der Waals surface area contributed by atoms with Crippen molar-refractivity contribution in [1.82, 2.24) is 4.98 Å². The van der Waals surface area contributed by atoms with Gasteiger partial charge in [-0.05, 0) is 6.07 Å². The molecule has 0 unspecified atom stereocenters. The van der Waals surface area contributed by atoms with Gasteiger partial charge >= 0.3 is 6.18 Å². The fourth-order valence-corrected chi connectivity index (χ4v) is 0.759. The fourth-order valence-electron chi connectivity index (χ4n) is 0.759. The maximum atomic E-state index is 12.0. The minimum absolute atomic E-state index is 0.230. The molecule has 0 radical (unpaired) electrons.